The number of ether oxygens (including phenoxy) is 1. The van der Waals surface area contributed by atoms with Gasteiger partial charge in [-0.25, -0.2) is 0 Å². The standard InChI is InChI=1S/C16H27NO2/c1-14(2)11-6-9-15(14,3)12(10-11)19-13(18)16(17)7-4-5-8-16/h11-12H,4-10,17H2,1-3H3. The van der Waals surface area contributed by atoms with Crippen molar-refractivity contribution in [3.05, 3.63) is 0 Å². The van der Waals surface area contributed by atoms with Gasteiger partial charge in [0.1, 0.15) is 11.6 Å². The molecule has 3 atom stereocenters. The molecule has 0 heterocycles. The van der Waals surface area contributed by atoms with Crippen LogP contribution < -0.4 is 5.73 Å². The van der Waals surface area contributed by atoms with Gasteiger partial charge in [0, 0.05) is 5.41 Å². The molecule has 0 radical (unpaired) electrons. The van der Waals surface area contributed by atoms with E-state index in [-0.39, 0.29) is 22.9 Å². The summed E-state index contributed by atoms with van der Waals surface area (Å²) in [4.78, 5) is 12.4. The molecule has 3 saturated carbocycles. The zero-order valence-corrected chi connectivity index (χ0v) is 12.5. The lowest BCUT2D eigenvalue weighted by Crippen LogP contribution is -2.49. The molecule has 108 valence electrons. The molecule has 3 fully saturated rings. The van der Waals surface area contributed by atoms with Crippen LogP contribution in [0.3, 0.4) is 0 Å². The van der Waals surface area contributed by atoms with E-state index in [9.17, 15) is 4.79 Å². The average Bonchev–Trinajstić information content (AvgIpc) is 2.92. The Morgan fingerprint density at radius 3 is 2.26 bits per heavy atom. The van der Waals surface area contributed by atoms with E-state index in [2.05, 4.69) is 20.8 Å². The fraction of sp³-hybridized carbons (Fsp3) is 0.938. The van der Waals surface area contributed by atoms with Crippen LogP contribution in [0.4, 0.5) is 0 Å². The number of fused-ring (bicyclic) bond motifs is 2. The monoisotopic (exact) mass is 265 g/mol. The van der Waals surface area contributed by atoms with E-state index in [0.717, 1.165) is 32.1 Å². The fourth-order valence-electron chi connectivity index (χ4n) is 4.77. The zero-order chi connectivity index (χ0) is 13.9. The van der Waals surface area contributed by atoms with Crippen molar-refractivity contribution in [3.8, 4) is 0 Å². The molecule has 3 nitrogen and oxygen atoms in total. The third-order valence-electron chi connectivity index (χ3n) is 6.87. The molecule has 0 spiro atoms. The van der Waals surface area contributed by atoms with Gasteiger partial charge in [-0.2, -0.15) is 0 Å². The van der Waals surface area contributed by atoms with E-state index >= 15 is 0 Å². The Kier molecular flexibility index (Phi) is 2.80. The summed E-state index contributed by atoms with van der Waals surface area (Å²) < 4.78 is 5.91. The zero-order valence-electron chi connectivity index (χ0n) is 12.5. The Labute approximate surface area is 116 Å². The number of hydrogen-bond donors (Lipinski definition) is 1. The smallest absolute Gasteiger partial charge is 0.326 e. The minimum Gasteiger partial charge on any atom is -0.460 e. The molecule has 3 aliphatic rings. The van der Waals surface area contributed by atoms with Crippen LogP contribution in [0.5, 0.6) is 0 Å². The summed E-state index contributed by atoms with van der Waals surface area (Å²) in [7, 11) is 0. The van der Waals surface area contributed by atoms with Gasteiger partial charge in [0.15, 0.2) is 0 Å². The van der Waals surface area contributed by atoms with Crippen LogP contribution in [0.2, 0.25) is 0 Å². The minimum atomic E-state index is -0.692. The molecule has 3 aliphatic carbocycles. The van der Waals surface area contributed by atoms with Gasteiger partial charge in [-0.15, -0.1) is 0 Å². The van der Waals surface area contributed by atoms with Crippen molar-refractivity contribution >= 4 is 5.97 Å². The minimum absolute atomic E-state index is 0.0785. The van der Waals surface area contributed by atoms with Gasteiger partial charge in [0.05, 0.1) is 0 Å². The Bertz CT molecular complexity index is 398. The Hall–Kier alpha value is -0.570. The van der Waals surface area contributed by atoms with Crippen molar-refractivity contribution in [2.45, 2.75) is 77.4 Å². The van der Waals surface area contributed by atoms with E-state index in [1.807, 2.05) is 0 Å². The molecule has 0 amide bonds. The first-order chi connectivity index (χ1) is 8.80. The molecule has 2 bridgehead atoms. The second-order valence-electron chi connectivity index (χ2n) is 7.87. The molecule has 3 heteroatoms. The highest BCUT2D eigenvalue weighted by Crippen LogP contribution is 2.66. The summed E-state index contributed by atoms with van der Waals surface area (Å²) in [6.45, 7) is 6.98. The van der Waals surface area contributed by atoms with E-state index in [1.165, 1.54) is 12.8 Å². The molecule has 0 aromatic rings. The third-order valence-corrected chi connectivity index (χ3v) is 6.87. The highest BCUT2D eigenvalue weighted by Gasteiger charge is 2.63. The quantitative estimate of drug-likeness (QED) is 0.781. The molecule has 0 saturated heterocycles. The Morgan fingerprint density at radius 1 is 1.16 bits per heavy atom. The maximum atomic E-state index is 12.4. The van der Waals surface area contributed by atoms with E-state index < -0.39 is 5.54 Å². The van der Waals surface area contributed by atoms with Crippen LogP contribution >= 0.6 is 0 Å². The molecule has 19 heavy (non-hydrogen) atoms. The molecule has 0 aromatic heterocycles. The maximum absolute atomic E-state index is 12.4. The van der Waals surface area contributed by atoms with Gasteiger partial charge in [-0.05, 0) is 43.4 Å². The number of carbonyl (C=O) groups is 1. The molecule has 3 rings (SSSR count). The van der Waals surface area contributed by atoms with Crippen LogP contribution in [0.15, 0.2) is 0 Å². The lowest BCUT2D eigenvalue weighted by Gasteiger charge is -2.39. The number of carbonyl (C=O) groups excluding carboxylic acids is 1. The summed E-state index contributed by atoms with van der Waals surface area (Å²) in [5.41, 5.74) is 5.95. The lowest BCUT2D eigenvalue weighted by atomic mass is 9.70. The first kappa shape index (κ1) is 13.4. The highest BCUT2D eigenvalue weighted by atomic mass is 16.5. The van der Waals surface area contributed by atoms with E-state index in [0.29, 0.717) is 5.92 Å². The summed E-state index contributed by atoms with van der Waals surface area (Å²) in [5.74, 6) is 0.562. The van der Waals surface area contributed by atoms with Crippen molar-refractivity contribution in [1.82, 2.24) is 0 Å². The number of rotatable bonds is 2. The molecular formula is C16H27NO2. The van der Waals surface area contributed by atoms with Crippen molar-refractivity contribution in [1.29, 1.82) is 0 Å². The molecule has 0 aliphatic heterocycles. The summed E-state index contributed by atoms with van der Waals surface area (Å²) >= 11 is 0. The van der Waals surface area contributed by atoms with Crippen molar-refractivity contribution in [2.24, 2.45) is 22.5 Å². The Morgan fingerprint density at radius 2 is 1.79 bits per heavy atom. The number of hydrogen-bond acceptors (Lipinski definition) is 3. The average molecular weight is 265 g/mol. The number of nitrogens with two attached hydrogens (primary N) is 1. The maximum Gasteiger partial charge on any atom is 0.326 e. The van der Waals surface area contributed by atoms with Gasteiger partial charge in [0.2, 0.25) is 0 Å². The SMILES string of the molecule is CC1(C)C2CCC1(C)C(OC(=O)C1(N)CCCC1)C2. The van der Waals surface area contributed by atoms with Gasteiger partial charge < -0.3 is 10.5 Å². The predicted molar refractivity (Wildman–Crippen MR) is 74.5 cm³/mol. The normalized spacial score (nSPS) is 42.5. The van der Waals surface area contributed by atoms with Gasteiger partial charge in [-0.3, -0.25) is 4.79 Å². The topological polar surface area (TPSA) is 52.3 Å². The van der Waals surface area contributed by atoms with Crippen LogP contribution in [0.25, 0.3) is 0 Å². The fourth-order valence-corrected chi connectivity index (χ4v) is 4.77. The molecule has 2 N–H and O–H groups in total. The summed E-state index contributed by atoms with van der Waals surface area (Å²) in [6, 6.07) is 0. The van der Waals surface area contributed by atoms with Crippen molar-refractivity contribution < 1.29 is 9.53 Å². The number of esters is 1. The molecule has 3 unspecified atom stereocenters. The predicted octanol–water partition coefficient (Wildman–Crippen LogP) is 3.02. The Balaban J connectivity index is 1.74. The van der Waals surface area contributed by atoms with Crippen LogP contribution in [0.1, 0.15) is 65.7 Å². The lowest BCUT2D eigenvalue weighted by molar-refractivity contribution is -0.163. The third kappa shape index (κ3) is 1.70. The van der Waals surface area contributed by atoms with Crippen LogP contribution in [-0.2, 0) is 9.53 Å². The largest absolute Gasteiger partial charge is 0.460 e. The summed E-state index contributed by atoms with van der Waals surface area (Å²) in [5, 5.41) is 0. The first-order valence-corrected chi connectivity index (χ1v) is 7.80. The van der Waals surface area contributed by atoms with Gasteiger partial charge in [-0.1, -0.05) is 33.6 Å². The molecular weight excluding hydrogens is 238 g/mol. The first-order valence-electron chi connectivity index (χ1n) is 7.80. The second kappa shape index (κ2) is 3.97. The van der Waals surface area contributed by atoms with Gasteiger partial charge >= 0.3 is 5.97 Å². The highest BCUT2D eigenvalue weighted by molar-refractivity contribution is 5.81. The van der Waals surface area contributed by atoms with Crippen LogP contribution in [-0.4, -0.2) is 17.6 Å². The molecule has 0 aromatic carbocycles. The van der Waals surface area contributed by atoms with Gasteiger partial charge in [0.25, 0.3) is 0 Å². The van der Waals surface area contributed by atoms with Crippen molar-refractivity contribution in [2.75, 3.05) is 0 Å². The van der Waals surface area contributed by atoms with Crippen LogP contribution in [0, 0.1) is 16.7 Å². The van der Waals surface area contributed by atoms with Crippen molar-refractivity contribution in [3.63, 3.8) is 0 Å². The summed E-state index contributed by atoms with van der Waals surface area (Å²) in [6.07, 6.45) is 7.28. The second-order valence-corrected chi connectivity index (χ2v) is 7.87. The van der Waals surface area contributed by atoms with E-state index in [1.54, 1.807) is 0 Å². The van der Waals surface area contributed by atoms with E-state index in [4.69, 9.17) is 10.5 Å².